The van der Waals surface area contributed by atoms with Crippen LogP contribution in [0, 0.1) is 0 Å². The number of rotatable bonds is 10. The zero-order valence-electron chi connectivity index (χ0n) is 43.7. The van der Waals surface area contributed by atoms with Crippen molar-refractivity contribution in [3.8, 4) is 85.1 Å². The third-order valence-electron chi connectivity index (χ3n) is 16.0. The highest BCUT2D eigenvalue weighted by Crippen LogP contribution is 2.52. The molecule has 8 aromatic carbocycles. The van der Waals surface area contributed by atoms with Gasteiger partial charge in [0.05, 0.1) is 28.1 Å². The van der Waals surface area contributed by atoms with E-state index in [-0.39, 0.29) is 11.5 Å². The Morgan fingerprint density at radius 1 is 0.418 bits per heavy atom. The lowest BCUT2D eigenvalue weighted by atomic mass is 9.82. The van der Waals surface area contributed by atoms with Gasteiger partial charge in [-0.25, -0.2) is 9.97 Å². The highest BCUT2D eigenvalue weighted by atomic mass is 15.3. The zero-order valence-corrected chi connectivity index (χ0v) is 43.7. The predicted molar refractivity (Wildman–Crippen MR) is 317 cm³/mol. The van der Waals surface area contributed by atoms with Crippen LogP contribution in [0.15, 0.2) is 237 Å². The Kier molecular flexibility index (Phi) is 10.9. The van der Waals surface area contributed by atoms with Gasteiger partial charge in [0.2, 0.25) is 0 Å². The Labute approximate surface area is 457 Å². The lowest BCUT2D eigenvalue weighted by Gasteiger charge is -2.22. The summed E-state index contributed by atoms with van der Waals surface area (Å²) in [7, 11) is 0. The maximum Gasteiger partial charge on any atom is 0.168 e. The first-order valence-electron chi connectivity index (χ1n) is 27.1. The molecule has 1 atom stereocenters. The van der Waals surface area contributed by atoms with Crippen molar-refractivity contribution < 1.29 is 0 Å². The van der Waals surface area contributed by atoms with E-state index in [0.717, 1.165) is 127 Å². The van der Waals surface area contributed by atoms with Crippen molar-refractivity contribution in [2.75, 3.05) is 0 Å². The monoisotopic (exact) mass is 1020 g/mol. The average molecular weight is 1020 g/mol. The van der Waals surface area contributed by atoms with Crippen molar-refractivity contribution in [3.63, 3.8) is 0 Å². The normalized spacial score (nSPS) is 15.2. The van der Waals surface area contributed by atoms with E-state index < -0.39 is 0 Å². The molecule has 79 heavy (non-hydrogen) atoms. The van der Waals surface area contributed by atoms with Crippen LogP contribution in [0.4, 0.5) is 0 Å². The number of hydrogen-bond acceptors (Lipinski definition) is 6. The third-order valence-corrected chi connectivity index (χ3v) is 16.0. The number of para-hydroxylation sites is 1. The molecule has 0 N–H and O–H groups in total. The van der Waals surface area contributed by atoms with Crippen LogP contribution in [0.1, 0.15) is 56.1 Å². The van der Waals surface area contributed by atoms with E-state index in [4.69, 9.17) is 30.4 Å². The van der Waals surface area contributed by atoms with Gasteiger partial charge in [-0.05, 0) is 126 Å². The molecule has 0 aliphatic heterocycles. The minimum Gasteiger partial charge on any atom is -0.300 e. The molecule has 0 radical (unpaired) electrons. The summed E-state index contributed by atoms with van der Waals surface area (Å²) in [5.74, 6) is 5.06. The second-order valence-electron chi connectivity index (χ2n) is 21.1. The van der Waals surface area contributed by atoms with Gasteiger partial charge in [-0.2, -0.15) is 0 Å². The van der Waals surface area contributed by atoms with Crippen LogP contribution in [-0.4, -0.2) is 48.6 Å². The Morgan fingerprint density at radius 2 is 0.873 bits per heavy atom. The summed E-state index contributed by atoms with van der Waals surface area (Å²) < 4.78 is 9.08. The lowest BCUT2D eigenvalue weighted by Crippen LogP contribution is -2.15. The molecule has 10 heteroatoms. The molecule has 378 valence electrons. The minimum absolute atomic E-state index is 0.0906. The van der Waals surface area contributed by atoms with Gasteiger partial charge in [0, 0.05) is 55.9 Å². The number of hydrogen-bond donors (Lipinski definition) is 0. The molecule has 0 spiro atoms. The number of aromatic nitrogens is 10. The first kappa shape index (κ1) is 46.3. The van der Waals surface area contributed by atoms with Gasteiger partial charge in [-0.3, -0.25) is 18.3 Å². The van der Waals surface area contributed by atoms with Crippen LogP contribution < -0.4 is 0 Å². The lowest BCUT2D eigenvalue weighted by molar-refractivity contribution is 0.617. The van der Waals surface area contributed by atoms with Crippen LogP contribution in [0.3, 0.4) is 0 Å². The highest BCUT2D eigenvalue weighted by Gasteiger charge is 2.38. The number of benzene rings is 8. The van der Waals surface area contributed by atoms with Gasteiger partial charge >= 0.3 is 0 Å². The second-order valence-corrected chi connectivity index (χ2v) is 21.1. The first-order chi connectivity index (χ1) is 38.9. The molecule has 15 rings (SSSR count). The third kappa shape index (κ3) is 7.69. The molecule has 4 heterocycles. The van der Waals surface area contributed by atoms with E-state index in [9.17, 15) is 0 Å². The van der Waals surface area contributed by atoms with Crippen LogP contribution in [0.2, 0.25) is 0 Å². The summed E-state index contributed by atoms with van der Waals surface area (Å²) >= 11 is 0. The van der Waals surface area contributed by atoms with Gasteiger partial charge < -0.3 is 0 Å². The van der Waals surface area contributed by atoms with Gasteiger partial charge in [-0.15, -0.1) is 20.4 Å². The van der Waals surface area contributed by atoms with Gasteiger partial charge in [-0.1, -0.05) is 166 Å². The summed E-state index contributed by atoms with van der Waals surface area (Å²) in [5, 5.41) is 19.2. The fourth-order valence-corrected chi connectivity index (χ4v) is 12.1. The van der Waals surface area contributed by atoms with E-state index in [0.29, 0.717) is 0 Å². The SMILES string of the molecule is CC1(C)c2cc3c(cc2-c2cc4nc(-c5ccccc5)n(-c5ccc(-c6nnc(-c7ccccc7)n6C6C=CC=CC6)cc5)c4cc21)nc(C1=CCCC=C1)n3-c1ccc(-c2nnc(-c3ccccc3)n2-c2ccccc2)cc1. The maximum absolute atomic E-state index is 5.50. The van der Waals surface area contributed by atoms with Crippen molar-refractivity contribution in [2.45, 2.75) is 44.6 Å². The molecule has 3 aliphatic carbocycles. The van der Waals surface area contributed by atoms with Gasteiger partial charge in [0.1, 0.15) is 11.6 Å². The molecule has 10 nitrogen and oxygen atoms in total. The Bertz CT molecular complexity index is 4440. The largest absolute Gasteiger partial charge is 0.300 e. The Hall–Kier alpha value is -10.1. The van der Waals surface area contributed by atoms with Crippen LogP contribution >= 0.6 is 0 Å². The predicted octanol–water partition coefficient (Wildman–Crippen LogP) is 16.0. The molecule has 0 saturated heterocycles. The molecule has 0 amide bonds. The van der Waals surface area contributed by atoms with Crippen molar-refractivity contribution in [3.05, 3.63) is 254 Å². The van der Waals surface area contributed by atoms with E-state index in [1.54, 1.807) is 0 Å². The number of fused-ring (bicyclic) bond motifs is 5. The van der Waals surface area contributed by atoms with Crippen molar-refractivity contribution in [2.24, 2.45) is 0 Å². The summed E-state index contributed by atoms with van der Waals surface area (Å²) in [6.45, 7) is 4.71. The summed E-state index contributed by atoms with van der Waals surface area (Å²) in [5.41, 5.74) is 17.7. The zero-order chi connectivity index (χ0) is 52.6. The molecule has 12 aromatic rings. The van der Waals surface area contributed by atoms with Crippen molar-refractivity contribution in [1.82, 2.24) is 48.6 Å². The standard InChI is InChI=1S/C69H52N10/c1-69(2)57-43-61-59(70-63(45-21-9-3-10-22-45)76(61)53-37-33-49(34-38-53)67-74-72-65(47-25-13-5-14-26-47)78(67)51-29-17-7-18-30-51)41-55(57)56-42-60-62(44-58(56)69)77(64(71-60)46-23-11-4-12-24-46)54-39-35-50(36-40-54)68-75-73-66(48-27-15-6-16-28-48)79(68)52-31-19-8-20-32-52/h3,5-11,13-29,31-44,51H,4,12,30H2,1-2H3. The van der Waals surface area contributed by atoms with Crippen LogP contribution in [0.25, 0.3) is 113 Å². The summed E-state index contributed by atoms with van der Waals surface area (Å²) in [4.78, 5) is 11.0. The fraction of sp³-hybridized carbons (Fsp3) is 0.101. The molecule has 4 aromatic heterocycles. The Morgan fingerprint density at radius 3 is 1.39 bits per heavy atom. The number of imidazole rings is 2. The van der Waals surface area contributed by atoms with E-state index in [1.807, 2.05) is 30.3 Å². The minimum atomic E-state index is -0.358. The van der Waals surface area contributed by atoms with E-state index >= 15 is 0 Å². The van der Waals surface area contributed by atoms with E-state index in [1.165, 1.54) is 22.3 Å². The smallest absolute Gasteiger partial charge is 0.168 e. The van der Waals surface area contributed by atoms with Crippen molar-refractivity contribution in [1.29, 1.82) is 0 Å². The number of nitrogens with zero attached hydrogens (tertiary/aromatic N) is 10. The van der Waals surface area contributed by atoms with Gasteiger partial charge in [0.15, 0.2) is 23.3 Å². The second kappa shape index (κ2) is 18.6. The highest BCUT2D eigenvalue weighted by molar-refractivity contribution is 5.98. The first-order valence-corrected chi connectivity index (χ1v) is 27.1. The van der Waals surface area contributed by atoms with Crippen LogP contribution in [0.5, 0.6) is 0 Å². The maximum atomic E-state index is 5.50. The molecule has 3 aliphatic rings. The quantitative estimate of drug-likeness (QED) is 0.135. The topological polar surface area (TPSA) is 97.1 Å². The van der Waals surface area contributed by atoms with Gasteiger partial charge in [0.25, 0.3) is 0 Å². The molecule has 0 saturated carbocycles. The summed E-state index contributed by atoms with van der Waals surface area (Å²) in [6, 6.07) is 68.4. The van der Waals surface area contributed by atoms with Crippen molar-refractivity contribution >= 4 is 27.6 Å². The molecular formula is C69H52N10. The summed E-state index contributed by atoms with van der Waals surface area (Å²) in [6.07, 6.45) is 18.3. The Balaban J connectivity index is 0.840. The molecule has 1 unspecified atom stereocenters. The number of allylic oxidation sites excluding steroid dienone is 8. The molecule has 0 fully saturated rings. The van der Waals surface area contributed by atoms with Crippen LogP contribution in [-0.2, 0) is 5.41 Å². The fourth-order valence-electron chi connectivity index (χ4n) is 12.1. The molecular weight excluding hydrogens is 969 g/mol. The average Bonchev–Trinajstić information content (AvgIpc) is 4.53. The van der Waals surface area contributed by atoms with E-state index in [2.05, 4.69) is 238 Å². The molecule has 0 bridgehead atoms.